The highest BCUT2D eigenvalue weighted by Crippen LogP contribution is 2.18. The number of rotatable bonds is 4. The summed E-state index contributed by atoms with van der Waals surface area (Å²) in [6.45, 7) is 7.18. The Bertz CT molecular complexity index is 650. The van der Waals surface area contributed by atoms with Gasteiger partial charge >= 0.3 is 0 Å². The molecule has 0 fully saturated rings. The van der Waals surface area contributed by atoms with Gasteiger partial charge in [0.2, 0.25) is 0 Å². The molecule has 1 rings (SSSR count). The van der Waals surface area contributed by atoms with E-state index in [1.165, 1.54) is 0 Å². The van der Waals surface area contributed by atoms with E-state index in [9.17, 15) is 8.42 Å². The van der Waals surface area contributed by atoms with Crippen LogP contribution < -0.4 is 9.44 Å². The van der Waals surface area contributed by atoms with Gasteiger partial charge in [-0.25, -0.2) is 0 Å². The van der Waals surface area contributed by atoms with Crippen molar-refractivity contribution in [3.05, 3.63) is 29.3 Å². The van der Waals surface area contributed by atoms with Gasteiger partial charge in [-0.15, -0.1) is 0 Å². The molecule has 0 bridgehead atoms. The summed E-state index contributed by atoms with van der Waals surface area (Å²) in [6.07, 6.45) is 0.348. The van der Waals surface area contributed by atoms with Crippen molar-refractivity contribution in [3.8, 4) is 11.8 Å². The van der Waals surface area contributed by atoms with Crippen LogP contribution in [-0.4, -0.2) is 25.7 Å². The fourth-order valence-electron chi connectivity index (χ4n) is 1.64. The van der Waals surface area contributed by atoms with E-state index in [4.69, 9.17) is 5.11 Å². The van der Waals surface area contributed by atoms with Crippen LogP contribution in [-0.2, 0) is 10.2 Å². The Balaban J connectivity index is 3.06. The molecule has 0 unspecified atom stereocenters. The zero-order chi connectivity index (χ0) is 16.1. The van der Waals surface area contributed by atoms with Gasteiger partial charge in [-0.1, -0.05) is 17.9 Å². The maximum atomic E-state index is 12.1. The number of anilines is 1. The predicted octanol–water partition coefficient (Wildman–Crippen LogP) is 1.77. The molecule has 0 saturated carbocycles. The van der Waals surface area contributed by atoms with Crippen molar-refractivity contribution in [1.82, 2.24) is 4.72 Å². The van der Waals surface area contributed by atoms with Gasteiger partial charge in [0.05, 0.1) is 12.3 Å². The molecule has 0 heterocycles. The molecular weight excluding hydrogens is 288 g/mol. The van der Waals surface area contributed by atoms with Crippen molar-refractivity contribution >= 4 is 15.9 Å². The third-order valence-electron chi connectivity index (χ3n) is 2.32. The zero-order valence-corrected chi connectivity index (χ0v) is 13.6. The van der Waals surface area contributed by atoms with Gasteiger partial charge in [0.1, 0.15) is 0 Å². The normalized spacial score (nSPS) is 11.7. The first-order chi connectivity index (χ1) is 9.63. The number of hydrogen-bond acceptors (Lipinski definition) is 3. The third kappa shape index (κ3) is 6.63. The topological polar surface area (TPSA) is 78.4 Å². The maximum Gasteiger partial charge on any atom is 0.299 e. The summed E-state index contributed by atoms with van der Waals surface area (Å²) in [7, 11) is -3.68. The molecular formula is C15H22N2O3S. The van der Waals surface area contributed by atoms with Crippen molar-refractivity contribution in [3.63, 3.8) is 0 Å². The molecule has 0 atom stereocenters. The largest absolute Gasteiger partial charge is 0.395 e. The van der Waals surface area contributed by atoms with E-state index < -0.39 is 15.7 Å². The van der Waals surface area contributed by atoms with Crippen LogP contribution in [0, 0.1) is 18.8 Å². The van der Waals surface area contributed by atoms with Gasteiger partial charge in [0.15, 0.2) is 0 Å². The Hall–Kier alpha value is -1.55. The second kappa shape index (κ2) is 6.94. The minimum atomic E-state index is -3.68. The molecule has 6 heteroatoms. The summed E-state index contributed by atoms with van der Waals surface area (Å²) >= 11 is 0. The van der Waals surface area contributed by atoms with Crippen LogP contribution >= 0.6 is 0 Å². The van der Waals surface area contributed by atoms with Gasteiger partial charge in [-0.05, 0) is 45.4 Å². The molecule has 0 spiro atoms. The summed E-state index contributed by atoms with van der Waals surface area (Å²) in [5.41, 5.74) is 1.42. The summed E-state index contributed by atoms with van der Waals surface area (Å²) in [4.78, 5) is 0. The molecule has 0 saturated heterocycles. The lowest BCUT2D eigenvalue weighted by Crippen LogP contribution is -2.43. The molecule has 0 radical (unpaired) electrons. The Kier molecular flexibility index (Phi) is 5.78. The predicted molar refractivity (Wildman–Crippen MR) is 85.2 cm³/mol. The van der Waals surface area contributed by atoms with Gasteiger partial charge < -0.3 is 5.11 Å². The Morgan fingerprint density at radius 2 is 1.95 bits per heavy atom. The van der Waals surface area contributed by atoms with Crippen molar-refractivity contribution in [1.29, 1.82) is 0 Å². The Labute approximate surface area is 127 Å². The van der Waals surface area contributed by atoms with Crippen LogP contribution in [0.5, 0.6) is 0 Å². The second-order valence-electron chi connectivity index (χ2n) is 5.78. The number of hydrogen-bond donors (Lipinski definition) is 3. The molecule has 116 valence electrons. The van der Waals surface area contributed by atoms with Crippen LogP contribution in [0.4, 0.5) is 5.69 Å². The standard InChI is InChI=1S/C15H22N2O3S/c1-12-8-9-14(13(11-12)7-5-6-10-18)16-21(19,20)17-15(2,3)4/h8-9,11,16-18H,6,10H2,1-4H3. The van der Waals surface area contributed by atoms with E-state index in [0.29, 0.717) is 17.7 Å². The minimum absolute atomic E-state index is 0.0224. The summed E-state index contributed by atoms with van der Waals surface area (Å²) in [5, 5.41) is 8.76. The lowest BCUT2D eigenvalue weighted by atomic mass is 10.1. The van der Waals surface area contributed by atoms with Crippen LogP contribution in [0.2, 0.25) is 0 Å². The molecule has 1 aromatic carbocycles. The first kappa shape index (κ1) is 17.5. The molecule has 0 aliphatic rings. The van der Waals surface area contributed by atoms with E-state index in [0.717, 1.165) is 5.56 Å². The molecule has 5 nitrogen and oxygen atoms in total. The average molecular weight is 310 g/mol. The number of nitrogens with one attached hydrogen (secondary N) is 2. The highest BCUT2D eigenvalue weighted by Gasteiger charge is 2.20. The van der Waals surface area contributed by atoms with Gasteiger partial charge in [-0.2, -0.15) is 13.1 Å². The highest BCUT2D eigenvalue weighted by molar-refractivity contribution is 7.90. The van der Waals surface area contributed by atoms with Crippen LogP contribution in [0.1, 0.15) is 38.3 Å². The number of aliphatic hydroxyl groups excluding tert-OH is 1. The summed E-state index contributed by atoms with van der Waals surface area (Å²) in [6, 6.07) is 5.30. The smallest absolute Gasteiger partial charge is 0.299 e. The van der Waals surface area contributed by atoms with Crippen LogP contribution in [0.25, 0.3) is 0 Å². The summed E-state index contributed by atoms with van der Waals surface area (Å²) in [5.74, 6) is 5.67. The lowest BCUT2D eigenvalue weighted by molar-refractivity contribution is 0.305. The number of aryl methyl sites for hydroxylation is 1. The van der Waals surface area contributed by atoms with Crippen LogP contribution in [0.15, 0.2) is 18.2 Å². The zero-order valence-electron chi connectivity index (χ0n) is 12.8. The number of aliphatic hydroxyl groups is 1. The van der Waals surface area contributed by atoms with Crippen molar-refractivity contribution in [2.24, 2.45) is 0 Å². The van der Waals surface area contributed by atoms with E-state index >= 15 is 0 Å². The molecule has 0 aromatic heterocycles. The van der Waals surface area contributed by atoms with Crippen molar-refractivity contribution < 1.29 is 13.5 Å². The lowest BCUT2D eigenvalue weighted by Gasteiger charge is -2.21. The molecule has 0 aliphatic carbocycles. The van der Waals surface area contributed by atoms with Crippen molar-refractivity contribution in [2.45, 2.75) is 39.7 Å². The number of benzene rings is 1. The quantitative estimate of drug-likeness (QED) is 0.742. The molecule has 3 N–H and O–H groups in total. The van der Waals surface area contributed by atoms with Gasteiger partial charge in [0, 0.05) is 17.5 Å². The fourth-order valence-corrected chi connectivity index (χ4v) is 2.96. The van der Waals surface area contributed by atoms with E-state index in [1.807, 2.05) is 13.0 Å². The van der Waals surface area contributed by atoms with Crippen LogP contribution in [0.3, 0.4) is 0 Å². The van der Waals surface area contributed by atoms with Gasteiger partial charge in [0.25, 0.3) is 10.2 Å². The Morgan fingerprint density at radius 3 is 2.52 bits per heavy atom. The molecule has 0 amide bonds. The maximum absolute atomic E-state index is 12.1. The molecule has 21 heavy (non-hydrogen) atoms. The SMILES string of the molecule is Cc1ccc(NS(=O)(=O)NC(C)(C)C)c(C#CCCO)c1. The van der Waals surface area contributed by atoms with Gasteiger partial charge in [-0.3, -0.25) is 4.72 Å². The average Bonchev–Trinajstić information content (AvgIpc) is 2.29. The monoisotopic (exact) mass is 310 g/mol. The highest BCUT2D eigenvalue weighted by atomic mass is 32.2. The first-order valence-corrected chi connectivity index (χ1v) is 8.13. The third-order valence-corrected chi connectivity index (χ3v) is 3.69. The fraction of sp³-hybridized carbons (Fsp3) is 0.467. The summed E-state index contributed by atoms with van der Waals surface area (Å²) < 4.78 is 29.2. The van der Waals surface area contributed by atoms with E-state index in [1.54, 1.807) is 32.9 Å². The first-order valence-electron chi connectivity index (χ1n) is 6.65. The minimum Gasteiger partial charge on any atom is -0.395 e. The second-order valence-corrected chi connectivity index (χ2v) is 7.20. The molecule has 1 aromatic rings. The van der Waals surface area contributed by atoms with E-state index in [-0.39, 0.29) is 6.61 Å². The van der Waals surface area contributed by atoms with E-state index in [2.05, 4.69) is 21.3 Å². The Morgan fingerprint density at radius 1 is 1.29 bits per heavy atom. The van der Waals surface area contributed by atoms with Crippen molar-refractivity contribution in [2.75, 3.05) is 11.3 Å². The molecule has 0 aliphatic heterocycles.